The van der Waals surface area contributed by atoms with Gasteiger partial charge in [0.2, 0.25) is 5.91 Å². The molecule has 1 aromatic rings. The van der Waals surface area contributed by atoms with E-state index in [-0.39, 0.29) is 31.2 Å². The van der Waals surface area contributed by atoms with E-state index in [2.05, 4.69) is 10.6 Å². The van der Waals surface area contributed by atoms with E-state index in [1.807, 2.05) is 0 Å². The number of methoxy groups -OCH3 is 2. The van der Waals surface area contributed by atoms with Crippen molar-refractivity contribution in [2.45, 2.75) is 38.3 Å². The Morgan fingerprint density at radius 1 is 1.20 bits per heavy atom. The van der Waals surface area contributed by atoms with Crippen LogP contribution in [0.3, 0.4) is 0 Å². The van der Waals surface area contributed by atoms with E-state index < -0.39 is 12.1 Å². The highest BCUT2D eigenvalue weighted by atomic mass is 16.5. The zero-order valence-electron chi connectivity index (χ0n) is 17.4. The van der Waals surface area contributed by atoms with Gasteiger partial charge in [-0.3, -0.25) is 14.5 Å². The highest BCUT2D eigenvalue weighted by Gasteiger charge is 2.37. The molecule has 2 fully saturated rings. The van der Waals surface area contributed by atoms with Crippen molar-refractivity contribution in [3.05, 3.63) is 23.8 Å². The smallest absolute Gasteiger partial charge is 0.325 e. The van der Waals surface area contributed by atoms with Crippen LogP contribution in [-0.2, 0) is 20.9 Å². The Labute approximate surface area is 176 Å². The second-order valence-corrected chi connectivity index (χ2v) is 7.51. The standard InChI is InChI=1S/C21H29N3O6/c1-28-17-5-3-15(11-18(17)29-2)13-24-20(26)16(23-21(24)27)4-6-19(25)22-12-14-7-9-30-10-8-14/h3,5,11,14,16H,4,6-10,12-13H2,1-2H3,(H,22,25)(H,23,27)/t16-/m0/s1. The van der Waals surface area contributed by atoms with Crippen LogP contribution in [0.2, 0.25) is 0 Å². The monoisotopic (exact) mass is 419 g/mol. The highest BCUT2D eigenvalue weighted by Crippen LogP contribution is 2.28. The number of rotatable bonds is 9. The molecule has 0 aliphatic carbocycles. The lowest BCUT2D eigenvalue weighted by atomic mass is 10.0. The summed E-state index contributed by atoms with van der Waals surface area (Å²) >= 11 is 0. The van der Waals surface area contributed by atoms with Gasteiger partial charge in [0.05, 0.1) is 20.8 Å². The molecule has 1 aromatic carbocycles. The van der Waals surface area contributed by atoms with E-state index in [1.54, 1.807) is 25.3 Å². The van der Waals surface area contributed by atoms with Crippen LogP contribution in [-0.4, -0.2) is 62.8 Å². The van der Waals surface area contributed by atoms with Crippen LogP contribution in [0.4, 0.5) is 4.79 Å². The van der Waals surface area contributed by atoms with Crippen LogP contribution >= 0.6 is 0 Å². The number of benzene rings is 1. The molecule has 2 saturated heterocycles. The molecule has 0 saturated carbocycles. The lowest BCUT2D eigenvalue weighted by molar-refractivity contribution is -0.128. The van der Waals surface area contributed by atoms with Gasteiger partial charge in [-0.2, -0.15) is 0 Å². The Kier molecular flexibility index (Phi) is 7.51. The molecule has 2 heterocycles. The summed E-state index contributed by atoms with van der Waals surface area (Å²) in [7, 11) is 3.07. The fourth-order valence-corrected chi connectivity index (χ4v) is 3.66. The molecule has 4 amide bonds. The Balaban J connectivity index is 1.49. The van der Waals surface area contributed by atoms with Gasteiger partial charge in [-0.15, -0.1) is 0 Å². The predicted octanol–water partition coefficient (Wildman–Crippen LogP) is 1.45. The molecule has 0 spiro atoms. The fourth-order valence-electron chi connectivity index (χ4n) is 3.66. The van der Waals surface area contributed by atoms with Crippen molar-refractivity contribution in [1.82, 2.24) is 15.5 Å². The third-order valence-electron chi connectivity index (χ3n) is 5.48. The first-order valence-corrected chi connectivity index (χ1v) is 10.2. The Morgan fingerprint density at radius 2 is 1.93 bits per heavy atom. The lowest BCUT2D eigenvalue weighted by Gasteiger charge is -2.22. The Hall–Kier alpha value is -2.81. The first-order valence-electron chi connectivity index (χ1n) is 10.2. The topological polar surface area (TPSA) is 106 Å². The number of ether oxygens (including phenoxy) is 3. The number of hydrogen-bond donors (Lipinski definition) is 2. The molecule has 0 radical (unpaired) electrons. The minimum absolute atomic E-state index is 0.109. The maximum Gasteiger partial charge on any atom is 0.325 e. The van der Waals surface area contributed by atoms with Crippen LogP contribution < -0.4 is 20.1 Å². The van der Waals surface area contributed by atoms with Crippen LogP contribution in [0, 0.1) is 5.92 Å². The molecule has 9 nitrogen and oxygen atoms in total. The molecule has 30 heavy (non-hydrogen) atoms. The molecular weight excluding hydrogens is 390 g/mol. The zero-order valence-corrected chi connectivity index (χ0v) is 17.4. The molecule has 1 atom stereocenters. The van der Waals surface area contributed by atoms with Crippen LogP contribution in [0.1, 0.15) is 31.2 Å². The van der Waals surface area contributed by atoms with E-state index in [0.717, 1.165) is 36.5 Å². The molecule has 2 N–H and O–H groups in total. The molecule has 0 bridgehead atoms. The highest BCUT2D eigenvalue weighted by molar-refractivity contribution is 6.04. The third kappa shape index (κ3) is 5.41. The van der Waals surface area contributed by atoms with E-state index >= 15 is 0 Å². The average molecular weight is 419 g/mol. The van der Waals surface area contributed by atoms with Gasteiger partial charge in [-0.25, -0.2) is 4.79 Å². The van der Waals surface area contributed by atoms with Gasteiger partial charge in [-0.1, -0.05) is 6.07 Å². The first kappa shape index (κ1) is 21.9. The fraction of sp³-hybridized carbons (Fsp3) is 0.571. The Morgan fingerprint density at radius 3 is 2.63 bits per heavy atom. The predicted molar refractivity (Wildman–Crippen MR) is 108 cm³/mol. The van der Waals surface area contributed by atoms with Crippen LogP contribution in [0.25, 0.3) is 0 Å². The normalized spacial score (nSPS) is 19.5. The second-order valence-electron chi connectivity index (χ2n) is 7.51. The summed E-state index contributed by atoms with van der Waals surface area (Å²) in [6.07, 6.45) is 2.35. The number of hydrogen-bond acceptors (Lipinski definition) is 6. The summed E-state index contributed by atoms with van der Waals surface area (Å²) < 4.78 is 15.8. The van der Waals surface area contributed by atoms with Crippen molar-refractivity contribution in [3.8, 4) is 11.5 Å². The third-order valence-corrected chi connectivity index (χ3v) is 5.48. The van der Waals surface area contributed by atoms with E-state index in [9.17, 15) is 14.4 Å². The zero-order chi connectivity index (χ0) is 21.5. The summed E-state index contributed by atoms with van der Waals surface area (Å²) in [4.78, 5) is 38.2. The van der Waals surface area contributed by atoms with Crippen molar-refractivity contribution in [2.24, 2.45) is 5.92 Å². The van der Waals surface area contributed by atoms with Gasteiger partial charge in [0.25, 0.3) is 5.91 Å². The minimum Gasteiger partial charge on any atom is -0.493 e. The van der Waals surface area contributed by atoms with E-state index in [1.165, 1.54) is 7.11 Å². The Bertz CT molecular complexity index is 778. The summed E-state index contributed by atoms with van der Waals surface area (Å²) in [5.41, 5.74) is 0.742. The van der Waals surface area contributed by atoms with Crippen molar-refractivity contribution >= 4 is 17.8 Å². The minimum atomic E-state index is -0.688. The SMILES string of the molecule is COc1ccc(CN2C(=O)N[C@@H](CCC(=O)NCC3CCOCC3)C2=O)cc1OC. The van der Waals surface area contributed by atoms with Gasteiger partial charge < -0.3 is 24.8 Å². The second kappa shape index (κ2) is 10.3. The average Bonchev–Trinajstić information content (AvgIpc) is 3.04. The number of urea groups is 1. The van der Waals surface area contributed by atoms with Crippen LogP contribution in [0.15, 0.2) is 18.2 Å². The quantitative estimate of drug-likeness (QED) is 0.587. The number of nitrogens with one attached hydrogen (secondary N) is 2. The molecule has 0 aromatic heterocycles. The summed E-state index contributed by atoms with van der Waals surface area (Å²) in [5.74, 6) is 1.10. The van der Waals surface area contributed by atoms with Gasteiger partial charge in [0.15, 0.2) is 11.5 Å². The van der Waals surface area contributed by atoms with Crippen molar-refractivity contribution < 1.29 is 28.6 Å². The van der Waals surface area contributed by atoms with E-state index in [4.69, 9.17) is 14.2 Å². The maximum atomic E-state index is 12.7. The van der Waals surface area contributed by atoms with Gasteiger partial charge >= 0.3 is 6.03 Å². The summed E-state index contributed by atoms with van der Waals surface area (Å²) in [6, 6.07) is 4.09. The number of nitrogens with zero attached hydrogens (tertiary/aromatic N) is 1. The van der Waals surface area contributed by atoms with Crippen molar-refractivity contribution in [2.75, 3.05) is 34.0 Å². The van der Waals surface area contributed by atoms with Gasteiger partial charge in [0.1, 0.15) is 6.04 Å². The molecular formula is C21H29N3O6. The molecule has 9 heteroatoms. The number of carbonyl (C=O) groups excluding carboxylic acids is 3. The number of imide groups is 1. The summed E-state index contributed by atoms with van der Waals surface area (Å²) in [6.45, 7) is 2.22. The van der Waals surface area contributed by atoms with E-state index in [0.29, 0.717) is 24.0 Å². The largest absolute Gasteiger partial charge is 0.493 e. The summed E-state index contributed by atoms with van der Waals surface area (Å²) in [5, 5.41) is 5.59. The first-order chi connectivity index (χ1) is 14.5. The van der Waals surface area contributed by atoms with Crippen molar-refractivity contribution in [1.29, 1.82) is 0 Å². The molecule has 2 aliphatic rings. The number of amides is 4. The number of carbonyl (C=O) groups is 3. The molecule has 2 aliphatic heterocycles. The van der Waals surface area contributed by atoms with Gasteiger partial charge in [-0.05, 0) is 42.9 Å². The molecule has 0 unspecified atom stereocenters. The lowest BCUT2D eigenvalue weighted by Crippen LogP contribution is -2.35. The maximum absolute atomic E-state index is 12.7. The molecule has 164 valence electrons. The van der Waals surface area contributed by atoms with Crippen molar-refractivity contribution in [3.63, 3.8) is 0 Å². The van der Waals surface area contributed by atoms with Gasteiger partial charge in [0, 0.05) is 26.2 Å². The molecule has 3 rings (SSSR count). The van der Waals surface area contributed by atoms with Crippen LogP contribution in [0.5, 0.6) is 11.5 Å².